The Morgan fingerprint density at radius 1 is 1.36 bits per heavy atom. The first-order chi connectivity index (χ1) is 10.0. The predicted molar refractivity (Wildman–Crippen MR) is 73.0 cm³/mol. The molecule has 0 aliphatic carbocycles. The first-order valence-corrected chi connectivity index (χ1v) is 7.41. The molecule has 2 aromatic rings. The number of hydrogen-bond acceptors (Lipinski definition) is 3. The van der Waals surface area contributed by atoms with E-state index in [2.05, 4.69) is 4.98 Å². The Morgan fingerprint density at radius 2 is 2.00 bits per heavy atom. The second-order valence-electron chi connectivity index (χ2n) is 4.61. The third-order valence-electron chi connectivity index (χ3n) is 3.00. The fraction of sp³-hybridized carbons (Fsp3) is 0.250. The maximum absolute atomic E-state index is 12.4. The van der Waals surface area contributed by atoms with E-state index in [1.54, 1.807) is 6.92 Å². The second-order valence-corrected chi connectivity index (χ2v) is 6.28. The summed E-state index contributed by atoms with van der Waals surface area (Å²) in [6.07, 6.45) is -0.332. The van der Waals surface area contributed by atoms with E-state index in [9.17, 15) is 26.4 Å². The van der Waals surface area contributed by atoms with Gasteiger partial charge in [0.1, 0.15) is 0 Å². The highest BCUT2D eigenvalue weighted by atomic mass is 32.2. The van der Waals surface area contributed by atoms with Gasteiger partial charge in [-0.1, -0.05) is 0 Å². The summed E-state index contributed by atoms with van der Waals surface area (Å²) in [6, 6.07) is 3.70. The minimum atomic E-state index is -5.53. The molecule has 0 fully saturated rings. The van der Waals surface area contributed by atoms with Crippen LogP contribution in [0.3, 0.4) is 0 Å². The Hall–Kier alpha value is -2.23. The molecule has 3 N–H and O–H groups in total. The van der Waals surface area contributed by atoms with E-state index < -0.39 is 21.5 Å². The lowest BCUT2D eigenvalue weighted by molar-refractivity contribution is -0.136. The average Bonchev–Trinajstić information content (AvgIpc) is 2.64. The highest BCUT2D eigenvalue weighted by Gasteiger charge is 2.46. The van der Waals surface area contributed by atoms with Crippen LogP contribution in [-0.2, 0) is 21.2 Å². The molecule has 0 amide bonds. The number of benzene rings is 1. The molecule has 0 saturated heterocycles. The Labute approximate surface area is 123 Å². The lowest BCUT2D eigenvalue weighted by Gasteiger charge is -2.10. The molecule has 1 aromatic heterocycles. The van der Waals surface area contributed by atoms with Crippen LogP contribution in [0.15, 0.2) is 18.2 Å². The van der Waals surface area contributed by atoms with Crippen LogP contribution < -0.4 is 4.72 Å². The number of aromatic amines is 1. The van der Waals surface area contributed by atoms with Gasteiger partial charge in [0.2, 0.25) is 0 Å². The summed E-state index contributed by atoms with van der Waals surface area (Å²) < 4.78 is 60.7. The van der Waals surface area contributed by atoms with Crippen molar-refractivity contribution in [1.82, 2.24) is 4.98 Å². The molecule has 1 aromatic carbocycles. The minimum absolute atomic E-state index is 0.296. The van der Waals surface area contributed by atoms with Crippen molar-refractivity contribution in [2.24, 2.45) is 0 Å². The van der Waals surface area contributed by atoms with Gasteiger partial charge in [-0.25, -0.2) is 0 Å². The van der Waals surface area contributed by atoms with Crippen molar-refractivity contribution < 1.29 is 31.5 Å². The van der Waals surface area contributed by atoms with E-state index in [1.165, 1.54) is 16.9 Å². The molecule has 22 heavy (non-hydrogen) atoms. The van der Waals surface area contributed by atoms with Gasteiger partial charge in [-0.15, -0.1) is 0 Å². The van der Waals surface area contributed by atoms with Crippen molar-refractivity contribution in [3.8, 4) is 0 Å². The zero-order valence-electron chi connectivity index (χ0n) is 11.2. The van der Waals surface area contributed by atoms with Gasteiger partial charge in [0.25, 0.3) is 0 Å². The Balaban J connectivity index is 2.48. The molecule has 0 unspecified atom stereocenters. The molecular weight excluding hydrogens is 325 g/mol. The second kappa shape index (κ2) is 5.20. The average molecular weight is 336 g/mol. The smallest absolute Gasteiger partial charge is 0.481 e. The molecule has 0 aliphatic heterocycles. The number of H-pyrrole nitrogens is 1. The number of aryl methyl sites for hydroxylation is 1. The third-order valence-corrected chi connectivity index (χ3v) is 4.12. The number of rotatable bonds is 4. The van der Waals surface area contributed by atoms with Gasteiger partial charge in [0.05, 0.1) is 6.42 Å². The normalized spacial score (nSPS) is 12.5. The van der Waals surface area contributed by atoms with Gasteiger partial charge in [0, 0.05) is 22.3 Å². The van der Waals surface area contributed by atoms with E-state index in [4.69, 9.17) is 5.11 Å². The lowest BCUT2D eigenvalue weighted by atomic mass is 10.1. The molecule has 0 aliphatic rings. The molecule has 0 bridgehead atoms. The predicted octanol–water partition coefficient (Wildman–Crippen LogP) is 2.36. The van der Waals surface area contributed by atoms with Crippen LogP contribution in [0.25, 0.3) is 10.9 Å². The molecular formula is C12H11F3N2O4S. The molecule has 2 rings (SSSR count). The SMILES string of the molecule is Cc1[nH]c2ccc(NS(=O)(=O)C(F)(F)F)cc2c1CC(=O)O. The van der Waals surface area contributed by atoms with Crippen molar-refractivity contribution in [3.63, 3.8) is 0 Å². The number of carboxylic acid groups (broad SMARTS) is 1. The van der Waals surface area contributed by atoms with Crippen LogP contribution in [-0.4, -0.2) is 30.0 Å². The molecule has 0 atom stereocenters. The summed E-state index contributed by atoms with van der Waals surface area (Å²) in [6.45, 7) is 1.62. The number of sulfonamides is 1. The zero-order chi connectivity index (χ0) is 16.7. The molecule has 0 saturated carbocycles. The first-order valence-electron chi connectivity index (χ1n) is 5.93. The van der Waals surface area contributed by atoms with E-state index >= 15 is 0 Å². The van der Waals surface area contributed by atoms with Gasteiger partial charge in [-0.2, -0.15) is 21.6 Å². The molecule has 6 nitrogen and oxygen atoms in total. The summed E-state index contributed by atoms with van der Waals surface area (Å²) in [5, 5.41) is 9.21. The summed E-state index contributed by atoms with van der Waals surface area (Å²) in [4.78, 5) is 13.7. The number of hydrogen-bond donors (Lipinski definition) is 3. The monoisotopic (exact) mass is 336 g/mol. The number of fused-ring (bicyclic) bond motifs is 1. The van der Waals surface area contributed by atoms with Crippen LogP contribution in [0.1, 0.15) is 11.3 Å². The number of carbonyl (C=O) groups is 1. The largest absolute Gasteiger partial charge is 0.516 e. The highest BCUT2D eigenvalue weighted by molar-refractivity contribution is 7.93. The van der Waals surface area contributed by atoms with Gasteiger partial charge in [-0.3, -0.25) is 9.52 Å². The summed E-state index contributed by atoms with van der Waals surface area (Å²) in [5.74, 6) is -1.11. The van der Waals surface area contributed by atoms with Crippen LogP contribution in [0.4, 0.5) is 18.9 Å². The first kappa shape index (κ1) is 16.1. The van der Waals surface area contributed by atoms with Crippen molar-refractivity contribution in [2.45, 2.75) is 18.9 Å². The topological polar surface area (TPSA) is 99.3 Å². The number of aliphatic carboxylic acids is 1. The van der Waals surface area contributed by atoms with Crippen molar-refractivity contribution in [2.75, 3.05) is 4.72 Å². The number of aromatic nitrogens is 1. The number of alkyl halides is 3. The van der Waals surface area contributed by atoms with Crippen LogP contribution in [0.2, 0.25) is 0 Å². The number of carboxylic acids is 1. The van der Waals surface area contributed by atoms with Crippen LogP contribution in [0.5, 0.6) is 0 Å². The Kier molecular flexibility index (Phi) is 3.81. The van der Waals surface area contributed by atoms with E-state index in [0.717, 1.165) is 6.07 Å². The summed E-state index contributed by atoms with van der Waals surface area (Å²) >= 11 is 0. The number of anilines is 1. The molecule has 1 heterocycles. The van der Waals surface area contributed by atoms with Gasteiger partial charge < -0.3 is 10.1 Å². The summed E-state index contributed by atoms with van der Waals surface area (Å²) in [5.41, 5.74) is -4.29. The van der Waals surface area contributed by atoms with Crippen LogP contribution in [0, 0.1) is 6.92 Å². The number of halogens is 3. The Bertz CT molecular complexity index is 840. The van der Waals surface area contributed by atoms with Crippen LogP contribution >= 0.6 is 0 Å². The molecule has 0 spiro atoms. The van der Waals surface area contributed by atoms with E-state index in [0.29, 0.717) is 22.2 Å². The lowest BCUT2D eigenvalue weighted by Crippen LogP contribution is -2.29. The zero-order valence-corrected chi connectivity index (χ0v) is 12.0. The van der Waals surface area contributed by atoms with E-state index in [1.807, 2.05) is 0 Å². The Morgan fingerprint density at radius 3 is 2.55 bits per heavy atom. The standard InChI is InChI=1S/C12H11F3N2O4S/c1-6-8(5-11(18)19)9-4-7(2-3-10(9)16-6)17-22(20,21)12(13,14)15/h2-4,16-17H,5H2,1H3,(H,18,19). The molecule has 120 valence electrons. The number of nitrogens with one attached hydrogen (secondary N) is 2. The van der Waals surface area contributed by atoms with Crippen molar-refractivity contribution >= 4 is 32.6 Å². The fourth-order valence-corrected chi connectivity index (χ4v) is 2.59. The van der Waals surface area contributed by atoms with Gasteiger partial charge >= 0.3 is 21.5 Å². The van der Waals surface area contributed by atoms with Gasteiger partial charge in [0.15, 0.2) is 0 Å². The van der Waals surface area contributed by atoms with E-state index in [-0.39, 0.29) is 12.1 Å². The minimum Gasteiger partial charge on any atom is -0.481 e. The molecule has 10 heteroatoms. The summed E-state index contributed by atoms with van der Waals surface area (Å²) in [7, 11) is -5.53. The van der Waals surface area contributed by atoms with Gasteiger partial charge in [-0.05, 0) is 30.7 Å². The highest BCUT2D eigenvalue weighted by Crippen LogP contribution is 2.29. The fourth-order valence-electron chi connectivity index (χ4n) is 2.04. The van der Waals surface area contributed by atoms with Crippen molar-refractivity contribution in [3.05, 3.63) is 29.5 Å². The maximum atomic E-state index is 12.4. The maximum Gasteiger partial charge on any atom is 0.516 e. The quantitative estimate of drug-likeness (QED) is 0.798. The van der Waals surface area contributed by atoms with Crippen molar-refractivity contribution in [1.29, 1.82) is 0 Å². The third kappa shape index (κ3) is 3.01. The molecule has 0 radical (unpaired) electrons.